The molecule has 0 radical (unpaired) electrons. The standard InChI is InChI=1S/C25H33BrN2O7P2/c1-5-32-36(30,33-6-2)24(37(31,34-7-3)35-8-4)16-19-18-27-28(21-13-11-12-20(26)17-21)25(19)22-14-9-10-15-23(22)29/h9-15,17-18,24,29H,5-8,16H2,1-4H3. The Kier molecular flexibility index (Phi) is 10.7. The van der Waals surface area contributed by atoms with Crippen molar-refractivity contribution in [3.05, 3.63) is 64.8 Å². The molecule has 0 saturated heterocycles. The fourth-order valence-corrected chi connectivity index (χ4v) is 9.72. The van der Waals surface area contributed by atoms with Gasteiger partial charge >= 0.3 is 15.2 Å². The Labute approximate surface area is 226 Å². The van der Waals surface area contributed by atoms with Crippen molar-refractivity contribution < 1.29 is 32.3 Å². The van der Waals surface area contributed by atoms with Crippen molar-refractivity contribution in [2.75, 3.05) is 26.4 Å². The third-order valence-electron chi connectivity index (χ3n) is 5.43. The zero-order valence-electron chi connectivity index (χ0n) is 21.4. The molecule has 2 aromatic carbocycles. The summed E-state index contributed by atoms with van der Waals surface area (Å²) in [6.07, 6.45) is 1.53. The molecule has 202 valence electrons. The number of hydrogen-bond acceptors (Lipinski definition) is 8. The lowest BCUT2D eigenvalue weighted by Gasteiger charge is -2.31. The lowest BCUT2D eigenvalue weighted by Crippen LogP contribution is -2.20. The van der Waals surface area contributed by atoms with Gasteiger partial charge in [0.1, 0.15) is 5.75 Å². The zero-order chi connectivity index (χ0) is 27.1. The number of para-hydroxylation sites is 1. The highest BCUT2D eigenvalue weighted by atomic mass is 79.9. The van der Waals surface area contributed by atoms with Gasteiger partial charge in [0, 0.05) is 22.0 Å². The van der Waals surface area contributed by atoms with Crippen LogP contribution in [0.2, 0.25) is 0 Å². The van der Waals surface area contributed by atoms with Gasteiger partial charge in [-0.2, -0.15) is 5.10 Å². The summed E-state index contributed by atoms with van der Waals surface area (Å²) in [6.45, 7) is 7.07. The first-order valence-electron chi connectivity index (χ1n) is 12.1. The molecule has 0 aliphatic carbocycles. The SMILES string of the molecule is CCOP(=O)(OCC)C(Cc1cnn(-c2cccc(Br)c2)c1-c1ccccc1O)P(=O)(OCC)OCC. The van der Waals surface area contributed by atoms with Gasteiger partial charge in [-0.25, -0.2) is 4.68 Å². The first-order chi connectivity index (χ1) is 17.7. The monoisotopic (exact) mass is 614 g/mol. The van der Waals surface area contributed by atoms with Crippen LogP contribution in [0.5, 0.6) is 5.75 Å². The Balaban J connectivity index is 2.26. The minimum Gasteiger partial charge on any atom is -0.507 e. The van der Waals surface area contributed by atoms with Gasteiger partial charge in [0.15, 0.2) is 5.40 Å². The van der Waals surface area contributed by atoms with Gasteiger partial charge in [0.05, 0.1) is 44.0 Å². The Bertz CT molecular complexity index is 1230. The van der Waals surface area contributed by atoms with Crippen molar-refractivity contribution >= 4 is 31.1 Å². The molecule has 0 fully saturated rings. The van der Waals surface area contributed by atoms with Crippen LogP contribution in [0.3, 0.4) is 0 Å². The van der Waals surface area contributed by atoms with E-state index in [0.29, 0.717) is 16.8 Å². The maximum absolute atomic E-state index is 14.1. The van der Waals surface area contributed by atoms with E-state index in [1.54, 1.807) is 62.8 Å². The first-order valence-corrected chi connectivity index (χ1v) is 16.1. The quantitative estimate of drug-likeness (QED) is 0.187. The summed E-state index contributed by atoms with van der Waals surface area (Å²) in [5.74, 6) is 0.0349. The molecule has 1 heterocycles. The van der Waals surface area contributed by atoms with E-state index in [2.05, 4.69) is 21.0 Å². The number of phenolic OH excluding ortho intramolecular Hbond substituents is 1. The van der Waals surface area contributed by atoms with Gasteiger partial charge in [0.2, 0.25) is 0 Å². The van der Waals surface area contributed by atoms with Gasteiger partial charge in [-0.3, -0.25) is 9.13 Å². The second-order valence-electron chi connectivity index (χ2n) is 7.86. The van der Waals surface area contributed by atoms with Crippen LogP contribution in [0.1, 0.15) is 33.3 Å². The lowest BCUT2D eigenvalue weighted by molar-refractivity contribution is 0.195. The number of rotatable bonds is 14. The van der Waals surface area contributed by atoms with Crippen LogP contribution in [0.25, 0.3) is 16.9 Å². The molecule has 0 bridgehead atoms. The molecule has 0 aliphatic rings. The first kappa shape index (κ1) is 29.8. The van der Waals surface area contributed by atoms with E-state index >= 15 is 0 Å². The molecule has 12 heteroatoms. The normalized spacial score (nSPS) is 12.4. The third kappa shape index (κ3) is 6.82. The number of aromatic hydroxyl groups is 1. The average Bonchev–Trinajstić information content (AvgIpc) is 3.27. The fraction of sp³-hybridized carbons (Fsp3) is 0.400. The summed E-state index contributed by atoms with van der Waals surface area (Å²) in [6, 6.07) is 14.4. The molecule has 0 spiro atoms. The van der Waals surface area contributed by atoms with Gasteiger partial charge in [-0.1, -0.05) is 34.1 Å². The molecule has 0 atom stereocenters. The molecule has 0 amide bonds. The molecule has 9 nitrogen and oxygen atoms in total. The highest BCUT2D eigenvalue weighted by Gasteiger charge is 2.51. The zero-order valence-corrected chi connectivity index (χ0v) is 24.7. The molecular formula is C25H33BrN2O7P2. The maximum Gasteiger partial charge on any atom is 0.346 e. The topological polar surface area (TPSA) is 109 Å². The van der Waals surface area contributed by atoms with Crippen molar-refractivity contribution in [3.63, 3.8) is 0 Å². The molecule has 0 aliphatic heterocycles. The summed E-state index contributed by atoms with van der Waals surface area (Å²) in [5, 5.41) is 14.1. The van der Waals surface area contributed by atoms with Gasteiger partial charge in [0.25, 0.3) is 0 Å². The molecule has 1 aromatic heterocycles. The minimum atomic E-state index is -3.99. The number of hydrogen-bond donors (Lipinski definition) is 1. The number of nitrogens with zero attached hydrogens (tertiary/aromatic N) is 2. The summed E-state index contributed by atoms with van der Waals surface area (Å²) in [7, 11) is -7.98. The van der Waals surface area contributed by atoms with Gasteiger partial charge in [-0.05, 0) is 58.0 Å². The van der Waals surface area contributed by atoms with E-state index in [0.717, 1.165) is 10.2 Å². The van der Waals surface area contributed by atoms with Crippen LogP contribution >= 0.6 is 31.1 Å². The maximum atomic E-state index is 14.1. The average molecular weight is 615 g/mol. The van der Waals surface area contributed by atoms with Crippen LogP contribution in [0.15, 0.2) is 59.2 Å². The Morgan fingerprint density at radius 1 is 0.892 bits per heavy atom. The highest BCUT2D eigenvalue weighted by Crippen LogP contribution is 2.71. The van der Waals surface area contributed by atoms with E-state index in [1.165, 1.54) is 0 Å². The number of phenols is 1. The summed E-state index contributed by atoms with van der Waals surface area (Å²) < 4.78 is 53.2. The molecule has 0 saturated carbocycles. The summed E-state index contributed by atoms with van der Waals surface area (Å²) in [5.41, 5.74) is 2.33. The van der Waals surface area contributed by atoms with Crippen LogP contribution < -0.4 is 0 Å². The van der Waals surface area contributed by atoms with Crippen LogP contribution in [0.4, 0.5) is 0 Å². The Morgan fingerprint density at radius 3 is 1.97 bits per heavy atom. The highest BCUT2D eigenvalue weighted by molar-refractivity contribution is 9.10. The van der Waals surface area contributed by atoms with Gasteiger partial charge < -0.3 is 23.2 Å². The molecule has 3 aromatic rings. The molecule has 3 rings (SSSR count). The van der Waals surface area contributed by atoms with Crippen molar-refractivity contribution in [1.29, 1.82) is 0 Å². The van der Waals surface area contributed by atoms with E-state index in [4.69, 9.17) is 18.1 Å². The number of benzene rings is 2. The summed E-state index contributed by atoms with van der Waals surface area (Å²) in [4.78, 5) is 0. The molecule has 37 heavy (non-hydrogen) atoms. The van der Waals surface area contributed by atoms with E-state index in [1.807, 2.05) is 24.3 Å². The second-order valence-corrected chi connectivity index (χ2v) is 13.6. The predicted octanol–water partition coefficient (Wildman–Crippen LogP) is 7.41. The smallest absolute Gasteiger partial charge is 0.346 e. The fourth-order valence-electron chi connectivity index (χ4n) is 4.03. The van der Waals surface area contributed by atoms with Crippen molar-refractivity contribution in [2.45, 2.75) is 39.5 Å². The van der Waals surface area contributed by atoms with Crippen molar-refractivity contribution in [1.82, 2.24) is 9.78 Å². The van der Waals surface area contributed by atoms with E-state index < -0.39 is 20.6 Å². The predicted molar refractivity (Wildman–Crippen MR) is 148 cm³/mol. The van der Waals surface area contributed by atoms with Crippen LogP contribution in [0, 0.1) is 0 Å². The Morgan fingerprint density at radius 2 is 1.46 bits per heavy atom. The number of aromatic nitrogens is 2. The molecular weight excluding hydrogens is 582 g/mol. The third-order valence-corrected chi connectivity index (χ3v) is 11.9. The van der Waals surface area contributed by atoms with E-state index in [9.17, 15) is 14.2 Å². The number of halogens is 1. The Hall–Kier alpha value is -1.77. The van der Waals surface area contributed by atoms with Crippen molar-refractivity contribution in [2.24, 2.45) is 0 Å². The molecule has 1 N–H and O–H groups in total. The second kappa shape index (κ2) is 13.3. The van der Waals surface area contributed by atoms with Crippen LogP contribution in [-0.2, 0) is 33.6 Å². The largest absolute Gasteiger partial charge is 0.507 e. The van der Waals surface area contributed by atoms with Crippen molar-refractivity contribution in [3.8, 4) is 22.7 Å². The minimum absolute atomic E-state index is 0.0349. The molecule has 0 unspecified atom stereocenters. The summed E-state index contributed by atoms with van der Waals surface area (Å²) >= 11 is 3.49. The van der Waals surface area contributed by atoms with Gasteiger partial charge in [-0.15, -0.1) is 0 Å². The van der Waals surface area contributed by atoms with E-state index in [-0.39, 0.29) is 38.6 Å². The van der Waals surface area contributed by atoms with Crippen LogP contribution in [-0.4, -0.2) is 46.7 Å². The lowest BCUT2D eigenvalue weighted by atomic mass is 10.0.